The molecule has 1 amide bonds. The van der Waals surface area contributed by atoms with E-state index in [1.165, 1.54) is 0 Å². The van der Waals surface area contributed by atoms with E-state index in [2.05, 4.69) is 5.32 Å². The molecule has 5 nitrogen and oxygen atoms in total. The van der Waals surface area contributed by atoms with Crippen molar-refractivity contribution in [3.05, 3.63) is 89.5 Å². The molecule has 0 aliphatic heterocycles. The highest BCUT2D eigenvalue weighted by Crippen LogP contribution is 2.28. The molecule has 0 bridgehead atoms. The number of aliphatic hydroxyl groups is 1. The predicted molar refractivity (Wildman–Crippen MR) is 108 cm³/mol. The van der Waals surface area contributed by atoms with Crippen LogP contribution in [0.4, 0.5) is 5.69 Å². The number of carbonyl (C=O) groups is 1. The summed E-state index contributed by atoms with van der Waals surface area (Å²) in [6, 6.07) is 22.0. The molecule has 136 valence electrons. The van der Waals surface area contributed by atoms with Gasteiger partial charge >= 0.3 is 0 Å². The van der Waals surface area contributed by atoms with Crippen molar-refractivity contribution in [3.8, 4) is 11.1 Å². The Kier molecular flexibility index (Phi) is 5.64. The predicted octanol–water partition coefficient (Wildman–Crippen LogP) is 3.42. The van der Waals surface area contributed by atoms with Crippen molar-refractivity contribution in [3.63, 3.8) is 0 Å². The number of nitrogens with one attached hydrogen (secondary N) is 2. The van der Waals surface area contributed by atoms with Crippen molar-refractivity contribution in [1.82, 2.24) is 0 Å². The maximum atomic E-state index is 12.9. The molecular formula is C22H21N3O2. The van der Waals surface area contributed by atoms with Gasteiger partial charge in [-0.15, -0.1) is 0 Å². The van der Waals surface area contributed by atoms with Crippen molar-refractivity contribution in [1.29, 1.82) is 5.41 Å². The van der Waals surface area contributed by atoms with Crippen LogP contribution in [0.2, 0.25) is 0 Å². The smallest absolute Gasteiger partial charge is 0.256 e. The molecule has 0 aromatic heterocycles. The molecule has 3 aromatic rings. The maximum absolute atomic E-state index is 12.9. The minimum atomic E-state index is -0.222. The molecule has 3 rings (SSSR count). The molecule has 0 saturated heterocycles. The summed E-state index contributed by atoms with van der Waals surface area (Å²) in [5.74, 6) is -0.237. The van der Waals surface area contributed by atoms with Crippen molar-refractivity contribution < 1.29 is 9.90 Å². The number of rotatable bonds is 6. The van der Waals surface area contributed by atoms with Gasteiger partial charge in [0.1, 0.15) is 5.84 Å². The summed E-state index contributed by atoms with van der Waals surface area (Å²) in [7, 11) is 0. The number of anilines is 1. The molecule has 0 saturated carbocycles. The first kappa shape index (κ1) is 18.4. The van der Waals surface area contributed by atoms with Crippen molar-refractivity contribution >= 4 is 17.4 Å². The Morgan fingerprint density at radius 3 is 2.22 bits per heavy atom. The van der Waals surface area contributed by atoms with Crippen LogP contribution in [0, 0.1) is 5.41 Å². The van der Waals surface area contributed by atoms with Crippen molar-refractivity contribution in [2.45, 2.75) is 6.42 Å². The molecule has 0 aliphatic carbocycles. The highest BCUT2D eigenvalue weighted by atomic mass is 16.3. The van der Waals surface area contributed by atoms with Crippen molar-refractivity contribution in [2.24, 2.45) is 5.73 Å². The number of hydrogen-bond acceptors (Lipinski definition) is 3. The van der Waals surface area contributed by atoms with Gasteiger partial charge in [-0.2, -0.15) is 0 Å². The monoisotopic (exact) mass is 359 g/mol. The molecular weight excluding hydrogens is 338 g/mol. The molecule has 0 fully saturated rings. The lowest BCUT2D eigenvalue weighted by atomic mass is 9.93. The number of hydrogen-bond donors (Lipinski definition) is 4. The van der Waals surface area contributed by atoms with Crippen LogP contribution >= 0.6 is 0 Å². The minimum Gasteiger partial charge on any atom is -0.396 e. The lowest BCUT2D eigenvalue weighted by Crippen LogP contribution is -2.14. The third-order valence-electron chi connectivity index (χ3n) is 4.31. The van der Waals surface area contributed by atoms with Crippen LogP contribution in [0.25, 0.3) is 11.1 Å². The lowest BCUT2D eigenvalue weighted by molar-refractivity contribution is 0.102. The van der Waals surface area contributed by atoms with E-state index in [0.29, 0.717) is 23.2 Å². The summed E-state index contributed by atoms with van der Waals surface area (Å²) >= 11 is 0. The Hall–Kier alpha value is -3.44. The summed E-state index contributed by atoms with van der Waals surface area (Å²) in [5, 5.41) is 19.6. The van der Waals surface area contributed by atoms with E-state index in [9.17, 15) is 9.90 Å². The Bertz CT molecular complexity index is 965. The Labute approximate surface area is 158 Å². The maximum Gasteiger partial charge on any atom is 0.256 e. The van der Waals surface area contributed by atoms with Crippen LogP contribution in [-0.4, -0.2) is 23.5 Å². The van der Waals surface area contributed by atoms with Gasteiger partial charge in [-0.25, -0.2) is 0 Å². The number of amidine groups is 1. The van der Waals surface area contributed by atoms with Gasteiger partial charge in [-0.05, 0) is 53.4 Å². The second kappa shape index (κ2) is 8.29. The number of benzene rings is 3. The SMILES string of the molecule is N=C(N)c1ccc(NC(=O)c2ccccc2-c2ccccc2CCO)cc1. The molecule has 0 aliphatic rings. The van der Waals surface area contributed by atoms with Crippen LogP contribution in [0.5, 0.6) is 0 Å². The fraction of sp³-hybridized carbons (Fsp3) is 0.0909. The average Bonchev–Trinajstić information content (AvgIpc) is 2.69. The van der Waals surface area contributed by atoms with Gasteiger partial charge in [0.15, 0.2) is 0 Å². The average molecular weight is 359 g/mol. The number of carbonyl (C=O) groups excluding carboxylic acids is 1. The van der Waals surface area contributed by atoms with E-state index >= 15 is 0 Å². The van der Waals surface area contributed by atoms with E-state index in [4.69, 9.17) is 11.1 Å². The van der Waals surface area contributed by atoms with E-state index < -0.39 is 0 Å². The first-order valence-electron chi connectivity index (χ1n) is 8.64. The minimum absolute atomic E-state index is 0.0151. The molecule has 0 spiro atoms. The van der Waals surface area contributed by atoms with Gasteiger partial charge in [-0.1, -0.05) is 42.5 Å². The summed E-state index contributed by atoms with van der Waals surface area (Å²) in [5.41, 5.74) is 9.99. The number of amides is 1. The fourth-order valence-corrected chi connectivity index (χ4v) is 2.97. The van der Waals surface area contributed by atoms with Gasteiger partial charge in [0.2, 0.25) is 0 Å². The molecule has 3 aromatic carbocycles. The van der Waals surface area contributed by atoms with E-state index in [1.54, 1.807) is 30.3 Å². The van der Waals surface area contributed by atoms with E-state index in [-0.39, 0.29) is 18.3 Å². The molecule has 0 atom stereocenters. The summed E-state index contributed by atoms with van der Waals surface area (Å²) < 4.78 is 0. The Balaban J connectivity index is 1.92. The second-order valence-electron chi connectivity index (χ2n) is 6.12. The topological polar surface area (TPSA) is 99.2 Å². The fourth-order valence-electron chi connectivity index (χ4n) is 2.97. The van der Waals surface area contributed by atoms with Crippen LogP contribution in [-0.2, 0) is 6.42 Å². The first-order valence-corrected chi connectivity index (χ1v) is 8.64. The molecule has 5 N–H and O–H groups in total. The van der Waals surface area contributed by atoms with Gasteiger partial charge in [0.25, 0.3) is 5.91 Å². The van der Waals surface area contributed by atoms with Crippen LogP contribution in [0.15, 0.2) is 72.8 Å². The van der Waals surface area contributed by atoms with Crippen LogP contribution in [0.1, 0.15) is 21.5 Å². The highest BCUT2D eigenvalue weighted by molar-refractivity contribution is 6.09. The van der Waals surface area contributed by atoms with Crippen molar-refractivity contribution in [2.75, 3.05) is 11.9 Å². The Morgan fingerprint density at radius 1 is 0.926 bits per heavy atom. The van der Waals surface area contributed by atoms with Gasteiger partial charge in [0, 0.05) is 23.4 Å². The van der Waals surface area contributed by atoms with Gasteiger partial charge in [-0.3, -0.25) is 10.2 Å². The van der Waals surface area contributed by atoms with E-state index in [0.717, 1.165) is 16.7 Å². The molecule has 0 unspecified atom stereocenters. The number of aliphatic hydroxyl groups excluding tert-OH is 1. The van der Waals surface area contributed by atoms with Crippen LogP contribution in [0.3, 0.4) is 0 Å². The molecule has 27 heavy (non-hydrogen) atoms. The highest BCUT2D eigenvalue weighted by Gasteiger charge is 2.15. The molecule has 5 heteroatoms. The van der Waals surface area contributed by atoms with Crippen LogP contribution < -0.4 is 11.1 Å². The summed E-state index contributed by atoms with van der Waals surface area (Å²) in [6.07, 6.45) is 0.526. The zero-order chi connectivity index (χ0) is 19.2. The third-order valence-corrected chi connectivity index (χ3v) is 4.31. The Morgan fingerprint density at radius 2 is 1.56 bits per heavy atom. The number of nitrogens with two attached hydrogens (primary N) is 1. The standard InChI is InChI=1S/C22H21N3O2/c23-21(24)16-9-11-17(12-10-16)25-22(27)20-8-4-3-7-19(20)18-6-2-1-5-15(18)13-14-26/h1-12,26H,13-14H2,(H3,23,24)(H,25,27). The summed E-state index contributed by atoms with van der Waals surface area (Å²) in [6.45, 7) is 0.0495. The largest absolute Gasteiger partial charge is 0.396 e. The van der Waals surface area contributed by atoms with E-state index in [1.807, 2.05) is 42.5 Å². The lowest BCUT2D eigenvalue weighted by Gasteiger charge is -2.14. The normalized spacial score (nSPS) is 10.4. The second-order valence-corrected chi connectivity index (χ2v) is 6.12. The zero-order valence-electron chi connectivity index (χ0n) is 14.8. The number of nitrogen functional groups attached to an aromatic ring is 1. The molecule has 0 radical (unpaired) electrons. The van der Waals surface area contributed by atoms with Gasteiger partial charge < -0.3 is 16.2 Å². The van der Waals surface area contributed by atoms with Gasteiger partial charge in [0.05, 0.1) is 0 Å². The third kappa shape index (κ3) is 4.22. The molecule has 0 heterocycles. The first-order chi connectivity index (χ1) is 13.1. The quantitative estimate of drug-likeness (QED) is 0.401. The summed E-state index contributed by atoms with van der Waals surface area (Å²) in [4.78, 5) is 12.9. The zero-order valence-corrected chi connectivity index (χ0v) is 14.8.